The van der Waals surface area contributed by atoms with Crippen LogP contribution in [0.5, 0.6) is 0 Å². The molecule has 1 amide bonds. The number of ether oxygens (including phenoxy) is 4. The number of rotatable bonds is 3. The van der Waals surface area contributed by atoms with Crippen LogP contribution in [0, 0.1) is 11.8 Å². The van der Waals surface area contributed by atoms with Gasteiger partial charge in [-0.05, 0) is 101 Å². The molecule has 0 bridgehead atoms. The van der Waals surface area contributed by atoms with Gasteiger partial charge < -0.3 is 40.2 Å². The second-order valence-corrected chi connectivity index (χ2v) is 13.5. The maximum absolute atomic E-state index is 11.5. The molecule has 0 aliphatic heterocycles. The fourth-order valence-corrected chi connectivity index (χ4v) is 4.08. The van der Waals surface area contributed by atoms with E-state index in [1.165, 1.54) is 0 Å². The lowest BCUT2D eigenvalue weighted by atomic mass is 9.86. The summed E-state index contributed by atoms with van der Waals surface area (Å²) in [6.45, 7) is 15.4. The summed E-state index contributed by atoms with van der Waals surface area (Å²) in [5.74, 6) is -1.98. The molecule has 244 valence electrons. The molecule has 2 fully saturated rings. The molecule has 0 heterocycles. The van der Waals surface area contributed by atoms with Crippen molar-refractivity contribution < 1.29 is 53.1 Å². The van der Waals surface area contributed by atoms with Crippen molar-refractivity contribution in [3.8, 4) is 0 Å². The summed E-state index contributed by atoms with van der Waals surface area (Å²) in [7, 11) is 0. The van der Waals surface area contributed by atoms with Gasteiger partial charge in [0.2, 0.25) is 0 Å². The van der Waals surface area contributed by atoms with E-state index in [0.29, 0.717) is 19.3 Å². The molecule has 0 saturated heterocycles. The number of carbonyl (C=O) groups is 5. The zero-order valence-electron chi connectivity index (χ0n) is 26.6. The van der Waals surface area contributed by atoms with Crippen LogP contribution >= 0.6 is 0 Å². The lowest BCUT2D eigenvalue weighted by Gasteiger charge is -2.28. The molecular weight excluding hydrogens is 552 g/mol. The van der Waals surface area contributed by atoms with E-state index < -0.39 is 47.1 Å². The quantitative estimate of drug-likeness (QED) is 0.176. The Morgan fingerprint density at radius 2 is 1.05 bits per heavy atom. The standard InChI is InChI=1S/C12H21NO4.C10H18O5.C7H13NO2/c1-12(2,3)17-11(16)13-9-6-4-5-8(7-9)10(14)15;1-9(2,3)14-7(11)13-8(12)15-10(4,5)6;8-6-3-1-2-5(4-6)7(9)10/h8-9H,4-7H2,1-3H3,(H,13,16)(H,14,15);1-6H3;5-6H,1-4,8H2,(H,9,10). The minimum Gasteiger partial charge on any atom is -0.481 e. The van der Waals surface area contributed by atoms with E-state index in [1.807, 2.05) is 0 Å². The molecule has 0 aromatic carbocycles. The van der Waals surface area contributed by atoms with Crippen LogP contribution in [0.15, 0.2) is 0 Å². The molecule has 4 unspecified atom stereocenters. The number of nitrogens with one attached hydrogen (secondary N) is 1. The van der Waals surface area contributed by atoms with Crippen LogP contribution in [0.4, 0.5) is 14.4 Å². The van der Waals surface area contributed by atoms with Gasteiger partial charge in [0.15, 0.2) is 0 Å². The normalized spacial score (nSPS) is 22.4. The van der Waals surface area contributed by atoms with E-state index in [0.717, 1.165) is 32.1 Å². The van der Waals surface area contributed by atoms with E-state index >= 15 is 0 Å². The van der Waals surface area contributed by atoms with Gasteiger partial charge in [0.05, 0.1) is 11.8 Å². The highest BCUT2D eigenvalue weighted by molar-refractivity contribution is 5.77. The summed E-state index contributed by atoms with van der Waals surface area (Å²) >= 11 is 0. The molecular formula is C29H52N2O11. The largest absolute Gasteiger partial charge is 0.519 e. The molecule has 5 N–H and O–H groups in total. The number of hydrogen-bond donors (Lipinski definition) is 4. The average Bonchev–Trinajstić information content (AvgIpc) is 2.76. The van der Waals surface area contributed by atoms with Gasteiger partial charge in [-0.3, -0.25) is 9.59 Å². The molecule has 2 rings (SSSR count). The van der Waals surface area contributed by atoms with E-state index in [2.05, 4.69) is 10.1 Å². The SMILES string of the molecule is CC(C)(C)OC(=O)NC1CCCC(C(=O)O)C1.CC(C)(C)OC(=O)OC(=O)OC(C)(C)C.NC1CCCC(C(=O)O)C1. The lowest BCUT2D eigenvalue weighted by Crippen LogP contribution is -2.42. The average molecular weight is 605 g/mol. The Bertz CT molecular complexity index is 875. The molecule has 2 saturated carbocycles. The third-order valence-corrected chi connectivity index (χ3v) is 5.75. The van der Waals surface area contributed by atoms with Gasteiger partial charge >= 0.3 is 30.3 Å². The third-order valence-electron chi connectivity index (χ3n) is 5.75. The van der Waals surface area contributed by atoms with Crippen LogP contribution in [0.2, 0.25) is 0 Å². The summed E-state index contributed by atoms with van der Waals surface area (Å²) in [5, 5.41) is 20.3. The van der Waals surface area contributed by atoms with Gasteiger partial charge in [0.1, 0.15) is 16.8 Å². The Balaban J connectivity index is 0.000000620. The number of amides is 1. The van der Waals surface area contributed by atoms with Gasteiger partial charge in [-0.1, -0.05) is 12.8 Å². The van der Waals surface area contributed by atoms with Crippen LogP contribution in [0.3, 0.4) is 0 Å². The van der Waals surface area contributed by atoms with Crippen molar-refractivity contribution in [2.75, 3.05) is 0 Å². The monoisotopic (exact) mass is 604 g/mol. The van der Waals surface area contributed by atoms with Gasteiger partial charge in [0, 0.05) is 12.1 Å². The number of nitrogens with two attached hydrogens (primary N) is 1. The van der Waals surface area contributed by atoms with Crippen LogP contribution in [0.25, 0.3) is 0 Å². The fraction of sp³-hybridized carbons (Fsp3) is 0.828. The first kappa shape index (κ1) is 38.9. The number of carbonyl (C=O) groups excluding carboxylic acids is 3. The summed E-state index contributed by atoms with van der Waals surface area (Å²) in [6, 6.07) is 0.0366. The Hall–Kier alpha value is -3.09. The second kappa shape index (κ2) is 17.1. The summed E-state index contributed by atoms with van der Waals surface area (Å²) < 4.78 is 18.9. The van der Waals surface area contributed by atoms with Crippen molar-refractivity contribution in [2.45, 2.75) is 143 Å². The van der Waals surface area contributed by atoms with Crippen molar-refractivity contribution >= 4 is 30.3 Å². The van der Waals surface area contributed by atoms with Gasteiger partial charge in [-0.15, -0.1) is 0 Å². The highest BCUT2D eigenvalue weighted by Crippen LogP contribution is 2.25. The van der Waals surface area contributed by atoms with E-state index in [1.54, 1.807) is 62.3 Å². The van der Waals surface area contributed by atoms with Crippen LogP contribution in [-0.4, -0.2) is 69.4 Å². The fourth-order valence-electron chi connectivity index (χ4n) is 4.08. The Morgan fingerprint density at radius 3 is 1.40 bits per heavy atom. The summed E-state index contributed by atoms with van der Waals surface area (Å²) in [4.78, 5) is 54.9. The maximum atomic E-state index is 11.5. The topological polar surface area (TPSA) is 201 Å². The summed E-state index contributed by atoms with van der Waals surface area (Å²) in [5.41, 5.74) is 3.69. The molecule has 2 aliphatic carbocycles. The molecule has 42 heavy (non-hydrogen) atoms. The molecule has 0 aromatic rings. The Kier molecular flexibility index (Phi) is 15.9. The number of carboxylic acids is 2. The first-order chi connectivity index (χ1) is 19.0. The first-order valence-electron chi connectivity index (χ1n) is 14.3. The molecule has 0 radical (unpaired) electrons. The molecule has 13 nitrogen and oxygen atoms in total. The van der Waals surface area contributed by atoms with Crippen molar-refractivity contribution in [3.05, 3.63) is 0 Å². The van der Waals surface area contributed by atoms with Gasteiger partial charge in [-0.25, -0.2) is 14.4 Å². The minimum atomic E-state index is -1.06. The molecule has 4 atom stereocenters. The van der Waals surface area contributed by atoms with Gasteiger partial charge in [-0.2, -0.15) is 0 Å². The lowest BCUT2D eigenvalue weighted by molar-refractivity contribution is -0.143. The van der Waals surface area contributed by atoms with Crippen molar-refractivity contribution in [2.24, 2.45) is 17.6 Å². The number of alkyl carbamates (subject to hydrolysis) is 1. The number of carboxylic acid groups (broad SMARTS) is 2. The maximum Gasteiger partial charge on any atom is 0.519 e. The third kappa shape index (κ3) is 20.7. The number of aliphatic carboxylic acids is 2. The zero-order valence-corrected chi connectivity index (χ0v) is 26.6. The molecule has 0 spiro atoms. The van der Waals surface area contributed by atoms with Crippen molar-refractivity contribution in [1.82, 2.24) is 5.32 Å². The van der Waals surface area contributed by atoms with E-state index in [4.69, 9.17) is 30.2 Å². The van der Waals surface area contributed by atoms with Crippen molar-refractivity contribution in [3.63, 3.8) is 0 Å². The highest BCUT2D eigenvalue weighted by Gasteiger charge is 2.29. The number of hydrogen-bond acceptors (Lipinski definition) is 10. The smallest absolute Gasteiger partial charge is 0.481 e. The minimum absolute atomic E-state index is 0.0836. The predicted octanol–water partition coefficient (Wildman–Crippen LogP) is 5.62. The van der Waals surface area contributed by atoms with Crippen LogP contribution in [0.1, 0.15) is 114 Å². The van der Waals surface area contributed by atoms with E-state index in [9.17, 15) is 24.0 Å². The van der Waals surface area contributed by atoms with Crippen LogP contribution < -0.4 is 11.1 Å². The molecule has 0 aromatic heterocycles. The van der Waals surface area contributed by atoms with Gasteiger partial charge in [0.25, 0.3) is 0 Å². The Labute approximate surface area is 249 Å². The molecule has 13 heteroatoms. The molecule has 2 aliphatic rings. The predicted molar refractivity (Wildman–Crippen MR) is 154 cm³/mol. The highest BCUT2D eigenvalue weighted by atomic mass is 16.8. The van der Waals surface area contributed by atoms with E-state index in [-0.39, 0.29) is 23.9 Å². The summed E-state index contributed by atoms with van der Waals surface area (Å²) in [6.07, 6.45) is 3.69. The second-order valence-electron chi connectivity index (χ2n) is 13.5. The van der Waals surface area contributed by atoms with Crippen LogP contribution in [-0.2, 0) is 28.5 Å². The first-order valence-corrected chi connectivity index (χ1v) is 14.3. The zero-order chi connectivity index (χ0) is 32.9. The van der Waals surface area contributed by atoms with Crippen molar-refractivity contribution in [1.29, 1.82) is 0 Å². The Morgan fingerprint density at radius 1 is 0.643 bits per heavy atom.